The van der Waals surface area contributed by atoms with Crippen LogP contribution in [0.2, 0.25) is 0 Å². The Morgan fingerprint density at radius 3 is 2.65 bits per heavy atom. The second-order valence-corrected chi connectivity index (χ2v) is 5.89. The molecule has 20 heavy (non-hydrogen) atoms. The van der Waals surface area contributed by atoms with Crippen LogP contribution in [0.1, 0.15) is 36.6 Å². The van der Waals surface area contributed by atoms with E-state index in [0.717, 1.165) is 17.2 Å². The molecule has 0 aromatic heterocycles. The van der Waals surface area contributed by atoms with Crippen LogP contribution in [-0.4, -0.2) is 18.2 Å². The molecule has 1 N–H and O–H groups in total. The van der Waals surface area contributed by atoms with Crippen LogP contribution in [-0.2, 0) is 17.3 Å². The summed E-state index contributed by atoms with van der Waals surface area (Å²) in [6.07, 6.45) is -3.81. The smallest absolute Gasteiger partial charge is 0.369 e. The van der Waals surface area contributed by atoms with Gasteiger partial charge in [0.25, 0.3) is 0 Å². The van der Waals surface area contributed by atoms with E-state index in [2.05, 4.69) is 5.32 Å². The first-order chi connectivity index (χ1) is 8.76. The Kier molecular flexibility index (Phi) is 3.82. The Bertz CT molecular complexity index is 516. The van der Waals surface area contributed by atoms with Gasteiger partial charge in [0.15, 0.2) is 0 Å². The standard InChI is InChI=1S/C14H16F3NO.ClH/c1-13(2)7-18-12-10-4-3-9(14(15,16)17)5-8(10)6-11(12)19-13;/h3-5,11-12,18H,6-7H2,1-2H3;1H/t11-,12+;/m1./s1. The highest BCUT2D eigenvalue weighted by molar-refractivity contribution is 5.85. The molecule has 3 rings (SSSR count). The van der Waals surface area contributed by atoms with Crippen LogP contribution in [0.15, 0.2) is 18.2 Å². The molecule has 1 aromatic carbocycles. The number of ether oxygens (including phenoxy) is 1. The summed E-state index contributed by atoms with van der Waals surface area (Å²) >= 11 is 0. The van der Waals surface area contributed by atoms with Gasteiger partial charge in [-0.05, 0) is 37.1 Å². The average molecular weight is 308 g/mol. The second kappa shape index (κ2) is 4.90. The summed E-state index contributed by atoms with van der Waals surface area (Å²) in [5.74, 6) is 0. The molecule has 0 radical (unpaired) electrons. The number of hydrogen-bond acceptors (Lipinski definition) is 2. The third-order valence-corrected chi connectivity index (χ3v) is 3.82. The first-order valence-corrected chi connectivity index (χ1v) is 6.37. The highest BCUT2D eigenvalue weighted by atomic mass is 35.5. The van der Waals surface area contributed by atoms with Gasteiger partial charge in [-0.15, -0.1) is 12.4 Å². The maximum absolute atomic E-state index is 12.7. The Hall–Kier alpha value is -0.780. The number of halogens is 4. The predicted molar refractivity (Wildman–Crippen MR) is 72.1 cm³/mol. The molecule has 0 amide bonds. The molecule has 0 saturated carbocycles. The lowest BCUT2D eigenvalue weighted by atomic mass is 10.0. The highest BCUT2D eigenvalue weighted by Gasteiger charge is 2.42. The maximum Gasteiger partial charge on any atom is 0.416 e. The number of morpholine rings is 1. The zero-order chi connectivity index (χ0) is 13.8. The zero-order valence-electron chi connectivity index (χ0n) is 11.3. The minimum atomic E-state index is -4.28. The molecule has 2 aliphatic rings. The Balaban J connectivity index is 0.00000147. The van der Waals surface area contributed by atoms with Gasteiger partial charge >= 0.3 is 6.18 Å². The number of nitrogens with one attached hydrogen (secondary N) is 1. The molecule has 1 aliphatic carbocycles. The first-order valence-electron chi connectivity index (χ1n) is 6.37. The molecule has 1 fully saturated rings. The third kappa shape index (κ3) is 2.67. The van der Waals surface area contributed by atoms with Gasteiger partial charge in [-0.1, -0.05) is 6.07 Å². The normalized spacial score (nSPS) is 27.4. The van der Waals surface area contributed by atoms with Crippen LogP contribution in [0.4, 0.5) is 13.2 Å². The fourth-order valence-corrected chi connectivity index (χ4v) is 2.96. The molecule has 6 heteroatoms. The van der Waals surface area contributed by atoms with E-state index in [0.29, 0.717) is 13.0 Å². The number of fused-ring (bicyclic) bond motifs is 3. The van der Waals surface area contributed by atoms with Crippen molar-refractivity contribution in [2.45, 2.75) is 44.2 Å². The average Bonchev–Trinajstić information content (AvgIpc) is 2.61. The van der Waals surface area contributed by atoms with Crippen molar-refractivity contribution in [1.29, 1.82) is 0 Å². The van der Waals surface area contributed by atoms with E-state index < -0.39 is 11.7 Å². The van der Waals surface area contributed by atoms with Crippen molar-refractivity contribution in [3.63, 3.8) is 0 Å². The summed E-state index contributed by atoms with van der Waals surface area (Å²) in [6.45, 7) is 4.68. The van der Waals surface area contributed by atoms with Crippen LogP contribution in [0, 0.1) is 0 Å². The molecular formula is C14H17ClF3NO. The highest BCUT2D eigenvalue weighted by Crippen LogP contribution is 2.40. The van der Waals surface area contributed by atoms with Crippen LogP contribution < -0.4 is 5.32 Å². The topological polar surface area (TPSA) is 21.3 Å². The Morgan fingerprint density at radius 1 is 1.30 bits per heavy atom. The van der Waals surface area contributed by atoms with E-state index in [1.165, 1.54) is 6.07 Å². The third-order valence-electron chi connectivity index (χ3n) is 3.82. The fraction of sp³-hybridized carbons (Fsp3) is 0.571. The predicted octanol–water partition coefficient (Wildman–Crippen LogP) is 3.49. The summed E-state index contributed by atoms with van der Waals surface area (Å²) in [4.78, 5) is 0. The van der Waals surface area contributed by atoms with Crippen molar-refractivity contribution in [3.8, 4) is 0 Å². The van der Waals surface area contributed by atoms with Crippen molar-refractivity contribution in [2.75, 3.05) is 6.54 Å². The van der Waals surface area contributed by atoms with E-state index in [1.807, 2.05) is 13.8 Å². The molecule has 0 unspecified atom stereocenters. The Morgan fingerprint density at radius 2 is 2.00 bits per heavy atom. The molecule has 2 atom stereocenters. The van der Waals surface area contributed by atoms with Crippen LogP contribution >= 0.6 is 12.4 Å². The van der Waals surface area contributed by atoms with Gasteiger partial charge in [-0.2, -0.15) is 13.2 Å². The van der Waals surface area contributed by atoms with Crippen molar-refractivity contribution >= 4 is 12.4 Å². The Labute approximate surface area is 122 Å². The van der Waals surface area contributed by atoms with E-state index in [4.69, 9.17) is 4.74 Å². The van der Waals surface area contributed by atoms with Gasteiger partial charge in [0.1, 0.15) is 0 Å². The maximum atomic E-state index is 12.7. The summed E-state index contributed by atoms with van der Waals surface area (Å²) < 4.78 is 44.1. The first kappa shape index (κ1) is 15.6. The molecule has 1 aliphatic heterocycles. The second-order valence-electron chi connectivity index (χ2n) is 5.89. The molecular weight excluding hydrogens is 291 g/mol. The zero-order valence-corrected chi connectivity index (χ0v) is 12.1. The van der Waals surface area contributed by atoms with Gasteiger partial charge in [-0.25, -0.2) is 0 Å². The fourth-order valence-electron chi connectivity index (χ4n) is 2.96. The molecule has 1 aromatic rings. The van der Waals surface area contributed by atoms with Gasteiger partial charge in [0.05, 0.1) is 23.3 Å². The number of alkyl halides is 3. The summed E-state index contributed by atoms with van der Waals surface area (Å²) in [5, 5.41) is 3.38. The molecule has 1 saturated heterocycles. The van der Waals surface area contributed by atoms with Gasteiger partial charge in [-0.3, -0.25) is 0 Å². The lowest BCUT2D eigenvalue weighted by Crippen LogP contribution is -2.50. The summed E-state index contributed by atoms with van der Waals surface area (Å²) in [5.41, 5.74) is 0.837. The van der Waals surface area contributed by atoms with Crippen LogP contribution in [0.5, 0.6) is 0 Å². The summed E-state index contributed by atoms with van der Waals surface area (Å²) in [6, 6.07) is 4.01. The largest absolute Gasteiger partial charge is 0.416 e. The van der Waals surface area contributed by atoms with E-state index in [9.17, 15) is 13.2 Å². The number of rotatable bonds is 0. The van der Waals surface area contributed by atoms with Crippen LogP contribution in [0.3, 0.4) is 0 Å². The summed E-state index contributed by atoms with van der Waals surface area (Å²) in [7, 11) is 0. The number of hydrogen-bond donors (Lipinski definition) is 1. The van der Waals surface area contributed by atoms with Gasteiger partial charge in [0.2, 0.25) is 0 Å². The van der Waals surface area contributed by atoms with E-state index >= 15 is 0 Å². The molecule has 1 heterocycles. The minimum absolute atomic E-state index is 0. The van der Waals surface area contributed by atoms with Gasteiger partial charge < -0.3 is 10.1 Å². The monoisotopic (exact) mass is 307 g/mol. The lowest BCUT2D eigenvalue weighted by Gasteiger charge is -2.39. The van der Waals surface area contributed by atoms with E-state index in [-0.39, 0.29) is 30.2 Å². The van der Waals surface area contributed by atoms with Crippen molar-refractivity contribution < 1.29 is 17.9 Å². The van der Waals surface area contributed by atoms with Crippen molar-refractivity contribution in [1.82, 2.24) is 5.32 Å². The molecule has 112 valence electrons. The van der Waals surface area contributed by atoms with Crippen LogP contribution in [0.25, 0.3) is 0 Å². The van der Waals surface area contributed by atoms with Crippen molar-refractivity contribution in [3.05, 3.63) is 34.9 Å². The quantitative estimate of drug-likeness (QED) is 0.792. The molecule has 0 bridgehead atoms. The van der Waals surface area contributed by atoms with Crippen molar-refractivity contribution in [2.24, 2.45) is 0 Å². The van der Waals surface area contributed by atoms with Gasteiger partial charge in [0, 0.05) is 13.0 Å². The molecule has 0 spiro atoms. The van der Waals surface area contributed by atoms with E-state index in [1.54, 1.807) is 6.07 Å². The number of benzene rings is 1. The lowest BCUT2D eigenvalue weighted by molar-refractivity contribution is -0.137. The SMILES string of the molecule is CC1(C)CN[C@H]2c3ccc(C(F)(F)F)cc3C[C@H]2O1.Cl. The molecule has 2 nitrogen and oxygen atoms in total. The minimum Gasteiger partial charge on any atom is -0.369 e.